The summed E-state index contributed by atoms with van der Waals surface area (Å²) >= 11 is 0. The van der Waals surface area contributed by atoms with Crippen LogP contribution in [0.25, 0.3) is 0 Å². The van der Waals surface area contributed by atoms with E-state index >= 15 is 0 Å². The van der Waals surface area contributed by atoms with E-state index in [9.17, 15) is 18.5 Å². The van der Waals surface area contributed by atoms with Crippen LogP contribution in [0.5, 0.6) is 0 Å². The summed E-state index contributed by atoms with van der Waals surface area (Å²) < 4.78 is 26.9. The van der Waals surface area contributed by atoms with E-state index in [1.165, 1.54) is 18.3 Å². The molecule has 1 aromatic carbocycles. The summed E-state index contributed by atoms with van der Waals surface area (Å²) in [5.41, 5.74) is 5.94. The van der Waals surface area contributed by atoms with E-state index in [1.54, 1.807) is 13.0 Å². The first-order valence-corrected chi connectivity index (χ1v) is 7.28. The fourth-order valence-corrected chi connectivity index (χ4v) is 2.93. The van der Waals surface area contributed by atoms with Gasteiger partial charge in [0.25, 0.3) is 15.7 Å². The van der Waals surface area contributed by atoms with Crippen LogP contribution in [-0.4, -0.2) is 18.3 Å². The van der Waals surface area contributed by atoms with Gasteiger partial charge in [0, 0.05) is 18.3 Å². The highest BCUT2D eigenvalue weighted by atomic mass is 32.2. The van der Waals surface area contributed by atoms with Gasteiger partial charge in [-0.15, -0.1) is 0 Å². The lowest BCUT2D eigenvalue weighted by Crippen LogP contribution is -2.16. The number of nitro benzene ring substituents is 1. The smallest absolute Gasteiger partial charge is 0.270 e. The zero-order valence-corrected chi connectivity index (χ0v) is 11.8. The summed E-state index contributed by atoms with van der Waals surface area (Å²) in [6.07, 6.45) is 1.52. The number of rotatable bonds is 4. The van der Waals surface area contributed by atoms with Gasteiger partial charge in [-0.2, -0.15) is 0 Å². The van der Waals surface area contributed by atoms with Gasteiger partial charge >= 0.3 is 0 Å². The van der Waals surface area contributed by atoms with Crippen molar-refractivity contribution in [2.75, 3.05) is 10.5 Å². The number of nitrogens with two attached hydrogens (primary N) is 1. The molecular formula is C12H12N4O4S. The van der Waals surface area contributed by atoms with Gasteiger partial charge in [-0.05, 0) is 25.1 Å². The third-order valence-corrected chi connectivity index (χ3v) is 4.17. The minimum absolute atomic E-state index is 0.0744. The van der Waals surface area contributed by atoms with E-state index in [2.05, 4.69) is 9.71 Å². The highest BCUT2D eigenvalue weighted by molar-refractivity contribution is 7.92. The van der Waals surface area contributed by atoms with Gasteiger partial charge < -0.3 is 5.73 Å². The Morgan fingerprint density at radius 1 is 1.33 bits per heavy atom. The molecule has 0 amide bonds. The number of nitrogens with one attached hydrogen (secondary N) is 1. The Kier molecular flexibility index (Phi) is 3.76. The first-order valence-electron chi connectivity index (χ1n) is 5.79. The summed E-state index contributed by atoms with van der Waals surface area (Å²) in [6, 6.07) is 6.35. The molecule has 2 rings (SSSR count). The summed E-state index contributed by atoms with van der Waals surface area (Å²) in [7, 11) is -4.04. The van der Waals surface area contributed by atoms with Gasteiger partial charge in [0.15, 0.2) is 0 Å². The average Bonchev–Trinajstić information content (AvgIpc) is 2.41. The fourth-order valence-electron chi connectivity index (χ4n) is 1.66. The van der Waals surface area contributed by atoms with E-state index < -0.39 is 14.9 Å². The van der Waals surface area contributed by atoms with Crippen LogP contribution in [0.15, 0.2) is 41.4 Å². The maximum absolute atomic E-state index is 12.3. The predicted molar refractivity (Wildman–Crippen MR) is 77.3 cm³/mol. The number of nitrogens with zero attached hydrogens (tertiary/aromatic N) is 2. The predicted octanol–water partition coefficient (Wildman–Crippen LogP) is 1.68. The SMILES string of the molecule is Cc1ncccc1NS(=O)(=O)c1cc([N+](=O)[O-])ccc1N. The second kappa shape index (κ2) is 5.37. The number of hydrogen-bond acceptors (Lipinski definition) is 6. The Hall–Kier alpha value is -2.68. The van der Waals surface area contributed by atoms with Crippen molar-refractivity contribution in [3.63, 3.8) is 0 Å². The summed E-state index contributed by atoms with van der Waals surface area (Å²) in [4.78, 5) is 13.7. The number of sulfonamides is 1. The van der Waals surface area contributed by atoms with Crippen molar-refractivity contribution in [2.45, 2.75) is 11.8 Å². The highest BCUT2D eigenvalue weighted by Crippen LogP contribution is 2.26. The molecular weight excluding hydrogens is 296 g/mol. The molecule has 0 unspecified atom stereocenters. The number of aromatic nitrogens is 1. The number of non-ortho nitro benzene ring substituents is 1. The molecule has 1 aromatic heterocycles. The van der Waals surface area contributed by atoms with Crippen LogP contribution in [0.4, 0.5) is 17.1 Å². The van der Waals surface area contributed by atoms with Crippen LogP contribution in [-0.2, 0) is 10.0 Å². The van der Waals surface area contributed by atoms with Crippen molar-refractivity contribution in [3.05, 3.63) is 52.3 Å². The molecule has 0 aliphatic carbocycles. The Bertz CT molecular complexity index is 805. The van der Waals surface area contributed by atoms with E-state index in [1.807, 2.05) is 0 Å². The summed E-state index contributed by atoms with van der Waals surface area (Å²) in [6.45, 7) is 1.63. The molecule has 8 nitrogen and oxygen atoms in total. The van der Waals surface area contributed by atoms with Crippen molar-refractivity contribution in [2.24, 2.45) is 0 Å². The average molecular weight is 308 g/mol. The maximum atomic E-state index is 12.3. The molecule has 0 aliphatic rings. The van der Waals surface area contributed by atoms with Crippen molar-refractivity contribution >= 4 is 27.1 Å². The monoisotopic (exact) mass is 308 g/mol. The molecule has 21 heavy (non-hydrogen) atoms. The molecule has 0 spiro atoms. The lowest BCUT2D eigenvalue weighted by molar-refractivity contribution is -0.385. The van der Waals surface area contributed by atoms with Crippen LogP contribution in [0.1, 0.15) is 5.69 Å². The zero-order chi connectivity index (χ0) is 15.6. The standard InChI is InChI=1S/C12H12N4O4S/c1-8-11(3-2-6-14-8)15-21(19,20)12-7-9(16(17)18)4-5-10(12)13/h2-7,15H,13H2,1H3. The van der Waals surface area contributed by atoms with Gasteiger partial charge in [0.05, 0.1) is 22.0 Å². The molecule has 2 aromatic rings. The number of aryl methyl sites for hydroxylation is 1. The minimum Gasteiger partial charge on any atom is -0.398 e. The van der Waals surface area contributed by atoms with E-state index in [0.29, 0.717) is 5.69 Å². The van der Waals surface area contributed by atoms with Gasteiger partial charge in [0.1, 0.15) is 4.90 Å². The Morgan fingerprint density at radius 2 is 2.05 bits per heavy atom. The Labute approximate surface area is 120 Å². The van der Waals surface area contributed by atoms with E-state index in [0.717, 1.165) is 12.1 Å². The molecule has 0 saturated heterocycles. The van der Waals surface area contributed by atoms with E-state index in [-0.39, 0.29) is 22.0 Å². The molecule has 3 N–H and O–H groups in total. The number of benzene rings is 1. The highest BCUT2D eigenvalue weighted by Gasteiger charge is 2.22. The summed E-state index contributed by atoms with van der Waals surface area (Å²) in [5.74, 6) is 0. The van der Waals surface area contributed by atoms with Crippen LogP contribution in [0.3, 0.4) is 0 Å². The largest absolute Gasteiger partial charge is 0.398 e. The third-order valence-electron chi connectivity index (χ3n) is 2.75. The van der Waals surface area contributed by atoms with Crippen LogP contribution in [0.2, 0.25) is 0 Å². The number of hydrogen-bond donors (Lipinski definition) is 2. The lowest BCUT2D eigenvalue weighted by atomic mass is 10.3. The zero-order valence-electron chi connectivity index (χ0n) is 11.0. The normalized spacial score (nSPS) is 11.1. The number of anilines is 2. The van der Waals surface area contributed by atoms with Crippen LogP contribution in [0, 0.1) is 17.0 Å². The van der Waals surface area contributed by atoms with E-state index in [4.69, 9.17) is 5.73 Å². The molecule has 0 saturated carbocycles. The topological polar surface area (TPSA) is 128 Å². The lowest BCUT2D eigenvalue weighted by Gasteiger charge is -2.11. The van der Waals surface area contributed by atoms with Crippen molar-refractivity contribution in [1.29, 1.82) is 0 Å². The first-order chi connectivity index (χ1) is 9.81. The second-order valence-electron chi connectivity index (χ2n) is 4.22. The van der Waals surface area contributed by atoms with Crippen molar-refractivity contribution in [1.82, 2.24) is 4.98 Å². The first kappa shape index (κ1) is 14.7. The number of pyridine rings is 1. The Morgan fingerprint density at radius 3 is 2.67 bits per heavy atom. The van der Waals surface area contributed by atoms with Gasteiger partial charge in [0.2, 0.25) is 0 Å². The molecule has 110 valence electrons. The van der Waals surface area contributed by atoms with Crippen LogP contribution >= 0.6 is 0 Å². The quantitative estimate of drug-likeness (QED) is 0.502. The fraction of sp³-hybridized carbons (Fsp3) is 0.0833. The molecule has 0 atom stereocenters. The maximum Gasteiger partial charge on any atom is 0.270 e. The molecule has 0 aliphatic heterocycles. The number of nitrogen functional groups attached to an aromatic ring is 1. The second-order valence-corrected chi connectivity index (χ2v) is 5.87. The molecule has 9 heteroatoms. The van der Waals surface area contributed by atoms with Crippen molar-refractivity contribution < 1.29 is 13.3 Å². The molecule has 0 fully saturated rings. The molecule has 1 heterocycles. The Balaban J connectivity index is 2.47. The minimum atomic E-state index is -4.04. The third kappa shape index (κ3) is 3.08. The summed E-state index contributed by atoms with van der Waals surface area (Å²) in [5, 5.41) is 10.7. The van der Waals surface area contributed by atoms with Gasteiger partial charge in [-0.25, -0.2) is 8.42 Å². The number of nitro groups is 1. The van der Waals surface area contributed by atoms with Crippen molar-refractivity contribution in [3.8, 4) is 0 Å². The molecule has 0 bridgehead atoms. The van der Waals surface area contributed by atoms with Crippen LogP contribution < -0.4 is 10.5 Å². The van der Waals surface area contributed by atoms with Gasteiger partial charge in [-0.1, -0.05) is 0 Å². The van der Waals surface area contributed by atoms with Gasteiger partial charge in [-0.3, -0.25) is 19.8 Å². The molecule has 0 radical (unpaired) electrons.